The molecule has 0 spiro atoms. The van der Waals surface area contributed by atoms with Crippen molar-refractivity contribution in [3.63, 3.8) is 0 Å². The Morgan fingerprint density at radius 2 is 2.06 bits per heavy atom. The summed E-state index contributed by atoms with van der Waals surface area (Å²) in [6.45, 7) is 1.98. The van der Waals surface area contributed by atoms with Crippen LogP contribution < -0.4 is 5.63 Å². The van der Waals surface area contributed by atoms with Gasteiger partial charge in [0.2, 0.25) is 5.71 Å². The molecule has 0 aliphatic heterocycles. The van der Waals surface area contributed by atoms with Gasteiger partial charge in [0.25, 0.3) is 0 Å². The summed E-state index contributed by atoms with van der Waals surface area (Å²) in [5, 5.41) is 0.584. The van der Waals surface area contributed by atoms with E-state index in [1.165, 1.54) is 0 Å². The van der Waals surface area contributed by atoms with E-state index in [4.69, 9.17) is 4.42 Å². The molecule has 0 fully saturated rings. The van der Waals surface area contributed by atoms with Crippen molar-refractivity contribution < 1.29 is 4.42 Å². The van der Waals surface area contributed by atoms with Crippen LogP contribution in [-0.4, -0.2) is 4.40 Å². The van der Waals surface area contributed by atoms with Gasteiger partial charge in [-0.3, -0.25) is 4.40 Å². The van der Waals surface area contributed by atoms with Gasteiger partial charge >= 0.3 is 5.63 Å². The van der Waals surface area contributed by atoms with Gasteiger partial charge in [-0.1, -0.05) is 15.9 Å². The van der Waals surface area contributed by atoms with Gasteiger partial charge in [-0.25, -0.2) is 4.79 Å². The summed E-state index contributed by atoms with van der Waals surface area (Å²) in [5.41, 5.74) is 2.20. The van der Waals surface area contributed by atoms with Crippen molar-refractivity contribution in [2.24, 2.45) is 0 Å². The topological polar surface area (TPSA) is 34.6 Å². The van der Waals surface area contributed by atoms with Crippen molar-refractivity contribution in [1.82, 2.24) is 4.40 Å². The monoisotopic (exact) mass is 277 g/mol. The lowest BCUT2D eigenvalue weighted by atomic mass is 10.2. The summed E-state index contributed by atoms with van der Waals surface area (Å²) in [7, 11) is 0. The molecule has 0 amide bonds. The summed E-state index contributed by atoms with van der Waals surface area (Å²) in [5.74, 6) is 0. The average molecular weight is 278 g/mol. The van der Waals surface area contributed by atoms with Gasteiger partial charge in [-0.05, 0) is 31.2 Å². The van der Waals surface area contributed by atoms with Crippen molar-refractivity contribution in [1.29, 1.82) is 0 Å². The summed E-state index contributed by atoms with van der Waals surface area (Å²) in [6.07, 6.45) is 0. The summed E-state index contributed by atoms with van der Waals surface area (Å²) < 4.78 is 8.04. The third-order valence-corrected chi connectivity index (χ3v) is 3.15. The maximum Gasteiger partial charge on any atom is 0.346 e. The summed E-state index contributed by atoms with van der Waals surface area (Å²) >= 11 is 3.35. The molecule has 0 aliphatic carbocycles. The number of aryl methyl sites for hydroxylation is 1. The van der Waals surface area contributed by atoms with Gasteiger partial charge in [-0.2, -0.15) is 0 Å². The first-order valence-corrected chi connectivity index (χ1v) is 5.66. The Morgan fingerprint density at radius 3 is 2.88 bits per heavy atom. The second kappa shape index (κ2) is 3.22. The fraction of sp³-hybridized carbons (Fsp3) is 0.0833. The predicted octanol–water partition coefficient (Wildman–Crippen LogP) is 3.12. The molecule has 0 unspecified atom stereocenters. The smallest absolute Gasteiger partial charge is 0.346 e. The molecular weight excluding hydrogens is 270 g/mol. The Balaban J connectivity index is 2.68. The van der Waals surface area contributed by atoms with Gasteiger partial charge in [-0.15, -0.1) is 0 Å². The minimum Gasteiger partial charge on any atom is -0.405 e. The molecule has 0 bridgehead atoms. The second-order valence-electron chi connectivity index (χ2n) is 3.70. The zero-order chi connectivity index (χ0) is 11.3. The molecular formula is C12H8BrNO2. The number of hydrogen-bond acceptors (Lipinski definition) is 2. The predicted molar refractivity (Wildman–Crippen MR) is 65.9 cm³/mol. The molecule has 80 valence electrons. The van der Waals surface area contributed by atoms with Gasteiger partial charge in [0.1, 0.15) is 0 Å². The lowest BCUT2D eigenvalue weighted by Gasteiger charge is -2.03. The Labute approximate surface area is 99.4 Å². The van der Waals surface area contributed by atoms with E-state index in [-0.39, 0.29) is 5.63 Å². The molecule has 4 heteroatoms. The molecule has 0 saturated heterocycles. The molecule has 3 aromatic rings. The van der Waals surface area contributed by atoms with Crippen LogP contribution in [-0.2, 0) is 0 Å². The van der Waals surface area contributed by atoms with Crippen molar-refractivity contribution in [2.75, 3.05) is 0 Å². The van der Waals surface area contributed by atoms with Gasteiger partial charge in [0, 0.05) is 16.2 Å². The van der Waals surface area contributed by atoms with Crippen LogP contribution in [0.2, 0.25) is 0 Å². The molecule has 0 atom stereocenters. The van der Waals surface area contributed by atoms with Crippen molar-refractivity contribution >= 4 is 32.5 Å². The van der Waals surface area contributed by atoms with Crippen LogP contribution in [0.5, 0.6) is 0 Å². The Kier molecular flexibility index (Phi) is 1.94. The molecule has 0 aliphatic rings. The maximum absolute atomic E-state index is 11.8. The molecule has 16 heavy (non-hydrogen) atoms. The van der Waals surface area contributed by atoms with Crippen LogP contribution in [0.15, 0.2) is 44.0 Å². The van der Waals surface area contributed by atoms with Crippen LogP contribution in [0.25, 0.3) is 16.6 Å². The molecule has 3 nitrogen and oxygen atoms in total. The van der Waals surface area contributed by atoms with E-state index < -0.39 is 0 Å². The number of halogens is 1. The number of fused-ring (bicyclic) bond motifs is 3. The van der Waals surface area contributed by atoms with Crippen molar-refractivity contribution in [3.05, 3.63) is 50.9 Å². The van der Waals surface area contributed by atoms with Crippen LogP contribution in [0, 0.1) is 6.92 Å². The van der Waals surface area contributed by atoms with Crippen LogP contribution in [0.3, 0.4) is 0 Å². The normalized spacial score (nSPS) is 11.4. The lowest BCUT2D eigenvalue weighted by molar-refractivity contribution is 0.548. The highest BCUT2D eigenvalue weighted by atomic mass is 79.9. The number of hydrogen-bond donors (Lipinski definition) is 0. The lowest BCUT2D eigenvalue weighted by Crippen LogP contribution is -2.03. The molecule has 0 radical (unpaired) electrons. The molecule has 0 N–H and O–H groups in total. The van der Waals surface area contributed by atoms with Crippen molar-refractivity contribution in [2.45, 2.75) is 6.92 Å². The SMILES string of the molecule is Cc1ccc2oc(=O)c3cc(Br)ccc3n12. The Morgan fingerprint density at radius 1 is 1.25 bits per heavy atom. The van der Waals surface area contributed by atoms with E-state index in [1.54, 1.807) is 12.1 Å². The Bertz CT molecular complexity index is 755. The van der Waals surface area contributed by atoms with E-state index in [0.717, 1.165) is 15.7 Å². The maximum atomic E-state index is 11.8. The zero-order valence-electron chi connectivity index (χ0n) is 8.53. The number of nitrogens with zero attached hydrogens (tertiary/aromatic N) is 1. The quantitative estimate of drug-likeness (QED) is 0.633. The fourth-order valence-electron chi connectivity index (χ4n) is 1.92. The van der Waals surface area contributed by atoms with Gasteiger partial charge in [0.15, 0.2) is 0 Å². The average Bonchev–Trinajstić information content (AvgIpc) is 2.61. The zero-order valence-corrected chi connectivity index (χ0v) is 10.1. The van der Waals surface area contributed by atoms with E-state index in [2.05, 4.69) is 15.9 Å². The summed E-state index contributed by atoms with van der Waals surface area (Å²) in [6, 6.07) is 9.34. The third kappa shape index (κ3) is 1.23. The highest BCUT2D eigenvalue weighted by Crippen LogP contribution is 2.20. The second-order valence-corrected chi connectivity index (χ2v) is 4.62. The van der Waals surface area contributed by atoms with Crippen LogP contribution >= 0.6 is 15.9 Å². The first-order chi connectivity index (χ1) is 7.66. The first-order valence-electron chi connectivity index (χ1n) is 4.87. The largest absolute Gasteiger partial charge is 0.405 e. The van der Waals surface area contributed by atoms with E-state index in [1.807, 2.05) is 29.5 Å². The van der Waals surface area contributed by atoms with E-state index in [9.17, 15) is 4.79 Å². The molecule has 2 aromatic heterocycles. The molecule has 3 rings (SSSR count). The van der Waals surface area contributed by atoms with Crippen molar-refractivity contribution in [3.8, 4) is 0 Å². The minimum absolute atomic E-state index is 0.304. The van der Waals surface area contributed by atoms with Crippen LogP contribution in [0.1, 0.15) is 5.69 Å². The number of benzene rings is 1. The molecule has 1 aromatic carbocycles. The third-order valence-electron chi connectivity index (χ3n) is 2.66. The summed E-state index contributed by atoms with van der Waals surface area (Å²) in [4.78, 5) is 11.8. The van der Waals surface area contributed by atoms with Crippen LogP contribution in [0.4, 0.5) is 0 Å². The van der Waals surface area contributed by atoms with Gasteiger partial charge in [0.05, 0.1) is 10.9 Å². The highest BCUT2D eigenvalue weighted by Gasteiger charge is 2.08. The highest BCUT2D eigenvalue weighted by molar-refractivity contribution is 9.10. The molecule has 2 heterocycles. The van der Waals surface area contributed by atoms with E-state index >= 15 is 0 Å². The fourth-order valence-corrected chi connectivity index (χ4v) is 2.28. The molecule has 0 saturated carbocycles. The Hall–Kier alpha value is -1.55. The number of rotatable bonds is 0. The standard InChI is InChI=1S/C12H8BrNO2/c1-7-2-5-11-14(7)10-4-3-8(13)6-9(10)12(15)16-11/h2-6H,1H3. The first kappa shape index (κ1) is 9.66. The van der Waals surface area contributed by atoms with E-state index in [0.29, 0.717) is 11.1 Å². The number of aromatic nitrogens is 1. The van der Waals surface area contributed by atoms with Gasteiger partial charge < -0.3 is 4.42 Å². The minimum atomic E-state index is -0.304.